The number of ether oxygens (including phenoxy) is 2. The van der Waals surface area contributed by atoms with E-state index in [1.165, 1.54) is 70.6 Å². The molecule has 0 aliphatic carbocycles. The van der Waals surface area contributed by atoms with E-state index in [-0.39, 0.29) is 36.7 Å². The summed E-state index contributed by atoms with van der Waals surface area (Å²) in [6.07, 6.45) is 16.9. The van der Waals surface area contributed by atoms with Crippen molar-refractivity contribution in [2.75, 3.05) is 25.0 Å². The number of β-amino-alcohol motifs (C(OH)–C–C–N with tert-alkyl or cyclic N) is 1. The zero-order chi connectivity index (χ0) is 32.6. The maximum Gasteiger partial charge on any atom is 0.224 e. The Kier molecular flexibility index (Phi) is 16.0. The SMILES string of the molecule is CCCCCCCCCCCCCCCC(=O)Nc1cccc(C2OC(CN3CCC(O)C3)C(C)C(c3ccc(CO)cc3)O2)c1. The molecule has 0 spiro atoms. The summed E-state index contributed by atoms with van der Waals surface area (Å²) in [6, 6.07) is 15.8. The van der Waals surface area contributed by atoms with Crippen LogP contribution < -0.4 is 5.32 Å². The zero-order valence-corrected chi connectivity index (χ0v) is 28.5. The number of rotatable bonds is 20. The van der Waals surface area contributed by atoms with E-state index in [4.69, 9.17) is 9.47 Å². The number of carbonyl (C=O) groups excluding carboxylic acids is 1. The van der Waals surface area contributed by atoms with Crippen molar-refractivity contribution in [3.63, 3.8) is 0 Å². The molecule has 0 radical (unpaired) electrons. The van der Waals surface area contributed by atoms with Crippen LogP contribution >= 0.6 is 0 Å². The summed E-state index contributed by atoms with van der Waals surface area (Å²) in [5.74, 6) is 0.129. The van der Waals surface area contributed by atoms with Gasteiger partial charge in [-0.05, 0) is 36.1 Å². The Hall–Kier alpha value is -2.29. The van der Waals surface area contributed by atoms with Crippen LogP contribution in [0.5, 0.6) is 0 Å². The van der Waals surface area contributed by atoms with Gasteiger partial charge in [-0.3, -0.25) is 9.69 Å². The average Bonchev–Trinajstić information content (AvgIpc) is 3.48. The lowest BCUT2D eigenvalue weighted by Gasteiger charge is -2.42. The maximum absolute atomic E-state index is 12.8. The number of carbonyl (C=O) groups is 1. The quantitative estimate of drug-likeness (QED) is 0.126. The highest BCUT2D eigenvalue weighted by atomic mass is 16.7. The molecule has 7 nitrogen and oxygen atoms in total. The summed E-state index contributed by atoms with van der Waals surface area (Å²) in [4.78, 5) is 15.1. The van der Waals surface area contributed by atoms with Crippen LogP contribution in [0, 0.1) is 5.92 Å². The lowest BCUT2D eigenvalue weighted by Crippen LogP contribution is -2.44. The number of hydrogen-bond acceptors (Lipinski definition) is 6. The fourth-order valence-electron chi connectivity index (χ4n) is 6.85. The predicted octanol–water partition coefficient (Wildman–Crippen LogP) is 8.46. The smallest absolute Gasteiger partial charge is 0.224 e. The van der Waals surface area contributed by atoms with Crippen LogP contribution in [0.4, 0.5) is 5.69 Å². The summed E-state index contributed by atoms with van der Waals surface area (Å²) < 4.78 is 13.2. The second kappa shape index (κ2) is 20.2. The second-order valence-corrected chi connectivity index (χ2v) is 13.7. The molecule has 2 fully saturated rings. The highest BCUT2D eigenvalue weighted by molar-refractivity contribution is 5.90. The molecule has 2 aromatic carbocycles. The van der Waals surface area contributed by atoms with Crippen LogP contribution in [0.2, 0.25) is 0 Å². The van der Waals surface area contributed by atoms with E-state index in [2.05, 4.69) is 24.1 Å². The van der Waals surface area contributed by atoms with Crippen molar-refractivity contribution < 1.29 is 24.5 Å². The molecule has 5 atom stereocenters. The van der Waals surface area contributed by atoms with Crippen LogP contribution in [0.1, 0.15) is 139 Å². The Bertz CT molecular complexity index is 1140. The largest absolute Gasteiger partial charge is 0.392 e. The van der Waals surface area contributed by atoms with E-state index in [0.717, 1.165) is 54.7 Å². The van der Waals surface area contributed by atoms with Crippen LogP contribution in [0.3, 0.4) is 0 Å². The third kappa shape index (κ3) is 12.1. The van der Waals surface area contributed by atoms with Crippen molar-refractivity contribution in [3.8, 4) is 0 Å². The summed E-state index contributed by atoms with van der Waals surface area (Å²) in [6.45, 7) is 6.67. The average molecular weight is 637 g/mol. The minimum absolute atomic E-state index is 0.00484. The highest BCUT2D eigenvalue weighted by Crippen LogP contribution is 2.42. The monoisotopic (exact) mass is 636 g/mol. The summed E-state index contributed by atoms with van der Waals surface area (Å²) in [5.41, 5.74) is 3.54. The van der Waals surface area contributed by atoms with Gasteiger partial charge in [-0.25, -0.2) is 0 Å². The first-order valence-electron chi connectivity index (χ1n) is 18.3. The number of hydrogen-bond donors (Lipinski definition) is 3. The molecular weight excluding hydrogens is 576 g/mol. The van der Waals surface area contributed by atoms with E-state index >= 15 is 0 Å². The Morgan fingerprint density at radius 2 is 1.52 bits per heavy atom. The van der Waals surface area contributed by atoms with Gasteiger partial charge in [0.25, 0.3) is 0 Å². The van der Waals surface area contributed by atoms with Gasteiger partial charge in [-0.2, -0.15) is 0 Å². The molecule has 3 N–H and O–H groups in total. The molecule has 5 unspecified atom stereocenters. The highest BCUT2D eigenvalue weighted by Gasteiger charge is 2.40. The normalized spacial score (nSPS) is 23.5. The number of unbranched alkanes of at least 4 members (excludes halogenated alkanes) is 12. The first-order chi connectivity index (χ1) is 22.5. The minimum atomic E-state index is -0.589. The number of nitrogens with zero attached hydrogens (tertiary/aromatic N) is 1. The predicted molar refractivity (Wildman–Crippen MR) is 185 cm³/mol. The van der Waals surface area contributed by atoms with E-state index in [1.807, 2.05) is 48.5 Å². The lowest BCUT2D eigenvalue weighted by molar-refractivity contribution is -0.276. The van der Waals surface area contributed by atoms with Crippen molar-refractivity contribution in [1.29, 1.82) is 0 Å². The van der Waals surface area contributed by atoms with Gasteiger partial charge < -0.3 is 25.0 Å². The molecule has 256 valence electrons. The van der Waals surface area contributed by atoms with Gasteiger partial charge in [0.1, 0.15) is 0 Å². The lowest BCUT2D eigenvalue weighted by atomic mass is 9.90. The molecule has 2 saturated heterocycles. The van der Waals surface area contributed by atoms with Gasteiger partial charge >= 0.3 is 0 Å². The number of aliphatic hydroxyl groups excluding tert-OH is 2. The molecule has 0 aromatic heterocycles. The Morgan fingerprint density at radius 3 is 2.13 bits per heavy atom. The third-order valence-corrected chi connectivity index (χ3v) is 9.76. The maximum atomic E-state index is 12.8. The zero-order valence-electron chi connectivity index (χ0n) is 28.5. The molecule has 2 aliphatic heterocycles. The number of aliphatic hydroxyl groups is 2. The van der Waals surface area contributed by atoms with Crippen molar-refractivity contribution in [2.24, 2.45) is 5.92 Å². The number of likely N-dealkylation sites (tertiary alicyclic amines) is 1. The van der Waals surface area contributed by atoms with Gasteiger partial charge in [0.05, 0.1) is 24.9 Å². The number of nitrogens with one attached hydrogen (secondary N) is 1. The molecule has 1 amide bonds. The Balaban J connectivity index is 1.24. The molecule has 46 heavy (non-hydrogen) atoms. The third-order valence-electron chi connectivity index (χ3n) is 9.76. The number of anilines is 1. The molecular formula is C39H60N2O5. The van der Waals surface area contributed by atoms with Crippen LogP contribution in [0.25, 0.3) is 0 Å². The fourth-order valence-corrected chi connectivity index (χ4v) is 6.85. The Morgan fingerprint density at radius 1 is 0.870 bits per heavy atom. The molecule has 2 heterocycles. The van der Waals surface area contributed by atoms with E-state index < -0.39 is 6.29 Å². The number of amides is 1. The summed E-state index contributed by atoms with van der Waals surface area (Å²) >= 11 is 0. The first-order valence-corrected chi connectivity index (χ1v) is 18.3. The molecule has 7 heteroatoms. The fraction of sp³-hybridized carbons (Fsp3) is 0.667. The van der Waals surface area contributed by atoms with Crippen molar-refractivity contribution >= 4 is 11.6 Å². The van der Waals surface area contributed by atoms with Gasteiger partial charge in [-0.15, -0.1) is 0 Å². The van der Waals surface area contributed by atoms with Gasteiger partial charge in [-0.1, -0.05) is 127 Å². The Labute approximate surface area is 278 Å². The van der Waals surface area contributed by atoms with Crippen LogP contribution in [-0.4, -0.2) is 52.9 Å². The van der Waals surface area contributed by atoms with E-state index in [9.17, 15) is 15.0 Å². The summed E-state index contributed by atoms with van der Waals surface area (Å²) in [5, 5.41) is 22.7. The standard InChI is InChI=1S/C39H60N2O5/c1-3-4-5-6-7-8-9-10-11-12-13-14-15-19-37(44)40-34-18-16-17-33(26-34)39-45-36(28-41-25-24-35(43)27-41)30(2)38(46-39)32-22-20-31(29-42)21-23-32/h16-18,20-23,26,30,35-36,38-39,42-43H,3-15,19,24-25,27-29H2,1-2H3,(H,40,44). The van der Waals surface area contributed by atoms with Crippen molar-refractivity contribution in [2.45, 2.75) is 141 Å². The van der Waals surface area contributed by atoms with E-state index in [0.29, 0.717) is 13.0 Å². The van der Waals surface area contributed by atoms with Crippen molar-refractivity contribution in [1.82, 2.24) is 4.90 Å². The number of benzene rings is 2. The molecule has 2 aliphatic rings. The van der Waals surface area contributed by atoms with Gasteiger partial charge in [0, 0.05) is 43.2 Å². The molecule has 0 saturated carbocycles. The minimum Gasteiger partial charge on any atom is -0.392 e. The summed E-state index contributed by atoms with van der Waals surface area (Å²) in [7, 11) is 0. The van der Waals surface area contributed by atoms with Gasteiger partial charge in [0.15, 0.2) is 6.29 Å². The molecule has 4 rings (SSSR count). The molecule has 0 bridgehead atoms. The van der Waals surface area contributed by atoms with Crippen LogP contribution in [0.15, 0.2) is 48.5 Å². The van der Waals surface area contributed by atoms with Crippen LogP contribution in [-0.2, 0) is 20.9 Å². The van der Waals surface area contributed by atoms with Crippen molar-refractivity contribution in [3.05, 3.63) is 65.2 Å². The first kappa shape index (κ1) is 36.5. The second-order valence-electron chi connectivity index (χ2n) is 13.7. The van der Waals surface area contributed by atoms with E-state index in [1.54, 1.807) is 0 Å². The topological polar surface area (TPSA) is 91.3 Å². The van der Waals surface area contributed by atoms with Gasteiger partial charge in [0.2, 0.25) is 5.91 Å². The molecule has 2 aromatic rings.